The summed E-state index contributed by atoms with van der Waals surface area (Å²) in [5.74, 6) is -0.686. The minimum atomic E-state index is -0.615. The molecule has 0 aromatic heterocycles. The van der Waals surface area contributed by atoms with Crippen molar-refractivity contribution < 1.29 is 14.3 Å². The molecule has 0 saturated heterocycles. The lowest BCUT2D eigenvalue weighted by atomic mass is 10.2. The van der Waals surface area contributed by atoms with Crippen molar-refractivity contribution in [3.8, 4) is 0 Å². The van der Waals surface area contributed by atoms with Gasteiger partial charge in [-0.25, -0.2) is 4.79 Å². The van der Waals surface area contributed by atoms with E-state index in [2.05, 4.69) is 6.58 Å². The van der Waals surface area contributed by atoms with E-state index in [1.165, 1.54) is 6.92 Å². The van der Waals surface area contributed by atoms with Gasteiger partial charge in [0, 0.05) is 0 Å². The molecule has 0 aliphatic carbocycles. The fourth-order valence-corrected chi connectivity index (χ4v) is 0.473. The summed E-state index contributed by atoms with van der Waals surface area (Å²) in [6.07, 6.45) is 0. The molecule has 0 spiro atoms. The number of hydrogen-bond donors (Lipinski definition) is 0. The molecule has 0 heterocycles. The SMILES string of the molecule is C=C(C(C)=O)C(=O)OCC(C)C. The molecule has 0 amide bonds. The normalized spacial score (nSPS) is 9.67. The van der Waals surface area contributed by atoms with Gasteiger partial charge in [0.1, 0.15) is 0 Å². The smallest absolute Gasteiger partial charge is 0.341 e. The Bertz CT molecular complexity index is 204. The highest BCUT2D eigenvalue weighted by Gasteiger charge is 2.12. The third-order valence-electron chi connectivity index (χ3n) is 1.22. The topological polar surface area (TPSA) is 43.4 Å². The van der Waals surface area contributed by atoms with Crippen molar-refractivity contribution in [2.45, 2.75) is 20.8 Å². The minimum Gasteiger partial charge on any atom is -0.462 e. The molecule has 0 N–H and O–H groups in total. The summed E-state index contributed by atoms with van der Waals surface area (Å²) in [5.41, 5.74) is -0.0874. The van der Waals surface area contributed by atoms with E-state index in [9.17, 15) is 9.59 Å². The molecule has 0 unspecified atom stereocenters. The summed E-state index contributed by atoms with van der Waals surface area (Å²) >= 11 is 0. The second-order valence-corrected chi connectivity index (χ2v) is 3.03. The number of esters is 1. The van der Waals surface area contributed by atoms with Gasteiger partial charge < -0.3 is 4.74 Å². The summed E-state index contributed by atoms with van der Waals surface area (Å²) in [7, 11) is 0. The first-order chi connectivity index (χ1) is 5.45. The molecule has 3 nitrogen and oxygen atoms in total. The average molecular weight is 170 g/mol. The van der Waals surface area contributed by atoms with E-state index in [0.29, 0.717) is 6.61 Å². The molecule has 12 heavy (non-hydrogen) atoms. The van der Waals surface area contributed by atoms with Crippen molar-refractivity contribution in [2.75, 3.05) is 6.61 Å². The maximum absolute atomic E-state index is 10.9. The van der Waals surface area contributed by atoms with Crippen molar-refractivity contribution in [3.05, 3.63) is 12.2 Å². The van der Waals surface area contributed by atoms with Crippen LogP contribution in [-0.4, -0.2) is 18.4 Å². The summed E-state index contributed by atoms with van der Waals surface area (Å²) in [6, 6.07) is 0. The van der Waals surface area contributed by atoms with Crippen LogP contribution < -0.4 is 0 Å². The molecule has 68 valence electrons. The average Bonchev–Trinajstić information content (AvgIpc) is 1.98. The van der Waals surface area contributed by atoms with Crippen LogP contribution in [0, 0.1) is 5.92 Å². The standard InChI is InChI=1S/C9H14O3/c1-6(2)5-12-9(11)7(3)8(4)10/h6H,3,5H2,1-2,4H3. The van der Waals surface area contributed by atoms with Crippen molar-refractivity contribution in [2.24, 2.45) is 5.92 Å². The molecule has 0 aliphatic rings. The van der Waals surface area contributed by atoms with Crippen molar-refractivity contribution in [1.82, 2.24) is 0 Å². The van der Waals surface area contributed by atoms with Gasteiger partial charge in [-0.3, -0.25) is 4.79 Å². The maximum Gasteiger partial charge on any atom is 0.341 e. The molecule has 0 aromatic carbocycles. The Kier molecular flexibility index (Phi) is 4.26. The lowest BCUT2D eigenvalue weighted by Gasteiger charge is -2.06. The van der Waals surface area contributed by atoms with E-state index in [1.807, 2.05) is 13.8 Å². The molecule has 0 rings (SSSR count). The fraction of sp³-hybridized carbons (Fsp3) is 0.556. The van der Waals surface area contributed by atoms with E-state index >= 15 is 0 Å². The van der Waals surface area contributed by atoms with E-state index < -0.39 is 5.97 Å². The number of carbonyl (C=O) groups is 2. The lowest BCUT2D eigenvalue weighted by Crippen LogP contribution is -2.15. The molecular weight excluding hydrogens is 156 g/mol. The van der Waals surface area contributed by atoms with Crippen LogP contribution in [0.1, 0.15) is 20.8 Å². The second-order valence-electron chi connectivity index (χ2n) is 3.03. The van der Waals surface area contributed by atoms with Gasteiger partial charge in [-0.05, 0) is 12.8 Å². The zero-order chi connectivity index (χ0) is 9.72. The van der Waals surface area contributed by atoms with Crippen LogP contribution in [0.25, 0.3) is 0 Å². The van der Waals surface area contributed by atoms with Crippen LogP contribution in [-0.2, 0) is 14.3 Å². The lowest BCUT2D eigenvalue weighted by molar-refractivity contribution is -0.141. The molecule has 0 bridgehead atoms. The first kappa shape index (κ1) is 10.9. The third-order valence-corrected chi connectivity index (χ3v) is 1.22. The zero-order valence-corrected chi connectivity index (χ0v) is 7.72. The number of ketones is 1. The Morgan fingerprint density at radius 1 is 1.42 bits per heavy atom. The largest absolute Gasteiger partial charge is 0.462 e. The number of hydrogen-bond acceptors (Lipinski definition) is 3. The summed E-state index contributed by atoms with van der Waals surface area (Å²) in [5, 5.41) is 0. The highest BCUT2D eigenvalue weighted by Crippen LogP contribution is 1.99. The van der Waals surface area contributed by atoms with Crippen molar-refractivity contribution in [3.63, 3.8) is 0 Å². The van der Waals surface area contributed by atoms with Gasteiger partial charge in [0.2, 0.25) is 0 Å². The molecule has 0 radical (unpaired) electrons. The van der Waals surface area contributed by atoms with E-state index in [4.69, 9.17) is 4.74 Å². The van der Waals surface area contributed by atoms with Gasteiger partial charge in [0.15, 0.2) is 5.78 Å². The van der Waals surface area contributed by atoms with Gasteiger partial charge in [0.25, 0.3) is 0 Å². The van der Waals surface area contributed by atoms with Gasteiger partial charge >= 0.3 is 5.97 Å². The highest BCUT2D eigenvalue weighted by atomic mass is 16.5. The van der Waals surface area contributed by atoms with E-state index in [0.717, 1.165) is 0 Å². The Morgan fingerprint density at radius 2 is 1.92 bits per heavy atom. The Balaban J connectivity index is 3.89. The summed E-state index contributed by atoms with van der Waals surface area (Å²) in [4.78, 5) is 21.6. The minimum absolute atomic E-state index is 0.0874. The second kappa shape index (κ2) is 4.70. The third kappa shape index (κ3) is 3.91. The summed E-state index contributed by atoms with van der Waals surface area (Å²) in [6.45, 7) is 8.76. The van der Waals surface area contributed by atoms with Gasteiger partial charge in [0.05, 0.1) is 12.2 Å². The van der Waals surface area contributed by atoms with Crippen LogP contribution in [0.4, 0.5) is 0 Å². The van der Waals surface area contributed by atoms with Crippen LogP contribution >= 0.6 is 0 Å². The van der Waals surface area contributed by atoms with Gasteiger partial charge in [-0.1, -0.05) is 20.4 Å². The molecule has 0 aromatic rings. The molecule has 3 heteroatoms. The number of ether oxygens (including phenoxy) is 1. The molecule has 0 saturated carbocycles. The highest BCUT2D eigenvalue weighted by molar-refractivity contribution is 6.15. The van der Waals surface area contributed by atoms with Crippen LogP contribution in [0.2, 0.25) is 0 Å². The summed E-state index contributed by atoms with van der Waals surface area (Å²) < 4.78 is 4.77. The maximum atomic E-state index is 10.9. The first-order valence-corrected chi connectivity index (χ1v) is 3.82. The quantitative estimate of drug-likeness (QED) is 0.277. The number of rotatable bonds is 4. The van der Waals surface area contributed by atoms with Gasteiger partial charge in [-0.2, -0.15) is 0 Å². The van der Waals surface area contributed by atoms with E-state index in [1.54, 1.807) is 0 Å². The van der Waals surface area contributed by atoms with Crippen molar-refractivity contribution in [1.29, 1.82) is 0 Å². The number of Topliss-reactive ketones (excluding diaryl/α,β-unsaturated/α-hetero) is 1. The first-order valence-electron chi connectivity index (χ1n) is 3.82. The molecular formula is C9H14O3. The van der Waals surface area contributed by atoms with E-state index in [-0.39, 0.29) is 17.3 Å². The van der Waals surface area contributed by atoms with Crippen LogP contribution in [0.5, 0.6) is 0 Å². The number of carbonyl (C=O) groups excluding carboxylic acids is 2. The Morgan fingerprint density at radius 3 is 2.25 bits per heavy atom. The predicted octanol–water partition coefficient (Wildman–Crippen LogP) is 1.33. The zero-order valence-electron chi connectivity index (χ0n) is 7.72. The predicted molar refractivity (Wildman–Crippen MR) is 45.6 cm³/mol. The molecule has 0 aliphatic heterocycles. The molecule has 0 fully saturated rings. The van der Waals surface area contributed by atoms with Gasteiger partial charge in [-0.15, -0.1) is 0 Å². The fourth-order valence-electron chi connectivity index (χ4n) is 0.473. The monoisotopic (exact) mass is 170 g/mol. The molecule has 0 atom stereocenters. The van der Waals surface area contributed by atoms with Crippen LogP contribution in [0.15, 0.2) is 12.2 Å². The Labute approximate surface area is 72.4 Å². The van der Waals surface area contributed by atoms with Crippen molar-refractivity contribution >= 4 is 11.8 Å². The van der Waals surface area contributed by atoms with Crippen LogP contribution in [0.3, 0.4) is 0 Å². The Hall–Kier alpha value is -1.12.